The lowest BCUT2D eigenvalue weighted by Crippen LogP contribution is -2.68. The molecule has 1 rings (SSSR count). The highest BCUT2D eigenvalue weighted by Gasteiger charge is 2.79. The normalized spacial score (nSPS) is 21.4. The first-order valence-corrected chi connectivity index (χ1v) is 10.1. The third kappa shape index (κ3) is 6.44. The molecule has 0 aromatic carbocycles. The summed E-state index contributed by atoms with van der Waals surface area (Å²) in [5.74, 6) is -5.84. The van der Waals surface area contributed by atoms with Crippen LogP contribution in [-0.2, 0) is 18.9 Å². The van der Waals surface area contributed by atoms with Gasteiger partial charge in [-0.3, -0.25) is 0 Å². The second-order valence-electron chi connectivity index (χ2n) is 7.64. The van der Waals surface area contributed by atoms with Crippen LogP contribution in [0.3, 0.4) is 0 Å². The third-order valence-electron chi connectivity index (χ3n) is 5.67. The number of ether oxygens (including phenoxy) is 4. The second-order valence-corrected chi connectivity index (χ2v) is 7.64. The summed E-state index contributed by atoms with van der Waals surface area (Å²) in [5.41, 5.74) is -10.3. The lowest BCUT2D eigenvalue weighted by Gasteiger charge is -2.49. The van der Waals surface area contributed by atoms with Crippen LogP contribution in [-0.4, -0.2) is 69.4 Å². The van der Waals surface area contributed by atoms with Crippen LogP contribution in [0.25, 0.3) is 0 Å². The zero-order valence-corrected chi connectivity index (χ0v) is 18.1. The van der Waals surface area contributed by atoms with Crippen molar-refractivity contribution < 1.29 is 76.0 Å². The van der Waals surface area contributed by atoms with Crippen LogP contribution in [0, 0.1) is 11.8 Å². The smallest absolute Gasteiger partial charge is 0.356 e. The van der Waals surface area contributed by atoms with E-state index in [2.05, 4.69) is 18.9 Å². The van der Waals surface area contributed by atoms with Gasteiger partial charge in [-0.25, -0.2) is 4.39 Å². The topological polar surface area (TPSA) is 36.9 Å². The highest BCUT2D eigenvalue weighted by molar-refractivity contribution is 5.08. The summed E-state index contributed by atoms with van der Waals surface area (Å²) >= 11 is 0. The van der Waals surface area contributed by atoms with Crippen LogP contribution >= 0.6 is 0 Å². The monoisotopic (exact) mass is 550 g/mol. The molecule has 210 valence electrons. The fourth-order valence-corrected chi connectivity index (χ4v) is 4.20. The Labute approximate surface area is 191 Å². The summed E-state index contributed by atoms with van der Waals surface area (Å²) in [6, 6.07) is 0. The van der Waals surface area contributed by atoms with Crippen molar-refractivity contribution >= 4 is 0 Å². The molecule has 0 amide bonds. The van der Waals surface area contributed by atoms with Gasteiger partial charge in [0, 0.05) is 18.4 Å². The number of hydrogen-bond acceptors (Lipinski definition) is 4. The fourth-order valence-electron chi connectivity index (χ4n) is 4.20. The zero-order valence-electron chi connectivity index (χ0n) is 18.1. The first kappa shape index (κ1) is 32.0. The molecule has 0 radical (unpaired) electrons. The molecule has 0 N–H and O–H groups in total. The molecular formula is C18H23F13O4. The highest BCUT2D eigenvalue weighted by Crippen LogP contribution is 2.59. The lowest BCUT2D eigenvalue weighted by molar-refractivity contribution is -0.426. The van der Waals surface area contributed by atoms with E-state index in [1.54, 1.807) is 0 Å². The van der Waals surface area contributed by atoms with E-state index in [1.165, 1.54) is 6.92 Å². The van der Waals surface area contributed by atoms with Crippen molar-refractivity contribution in [3.63, 3.8) is 0 Å². The van der Waals surface area contributed by atoms with Crippen molar-refractivity contribution in [2.45, 2.75) is 68.5 Å². The van der Waals surface area contributed by atoms with Crippen molar-refractivity contribution in [1.29, 1.82) is 0 Å². The molecule has 0 aromatic rings. The molecule has 1 aliphatic rings. The second kappa shape index (κ2) is 11.5. The number of hydrogen-bond donors (Lipinski definition) is 0. The van der Waals surface area contributed by atoms with Gasteiger partial charge < -0.3 is 18.9 Å². The van der Waals surface area contributed by atoms with Crippen molar-refractivity contribution in [3.05, 3.63) is 0 Å². The average molecular weight is 550 g/mol. The van der Waals surface area contributed by atoms with Crippen molar-refractivity contribution in [2.75, 3.05) is 33.5 Å². The minimum atomic E-state index is -6.33. The van der Waals surface area contributed by atoms with Crippen LogP contribution < -0.4 is 0 Å². The maximum absolute atomic E-state index is 13.8. The maximum Gasteiger partial charge on any atom is 0.426 e. The highest BCUT2D eigenvalue weighted by atomic mass is 19.4. The molecule has 0 aromatic heterocycles. The van der Waals surface area contributed by atoms with E-state index in [-0.39, 0.29) is 0 Å². The van der Waals surface area contributed by atoms with Gasteiger partial charge in [0.2, 0.25) is 0 Å². The summed E-state index contributed by atoms with van der Waals surface area (Å²) in [4.78, 5) is 0. The number of halogens is 13. The quantitative estimate of drug-likeness (QED) is 0.168. The summed E-state index contributed by atoms with van der Waals surface area (Å²) in [6.07, 6.45) is -30.1. The third-order valence-corrected chi connectivity index (χ3v) is 5.67. The van der Waals surface area contributed by atoms with E-state index in [0.717, 1.165) is 0 Å². The summed E-state index contributed by atoms with van der Waals surface area (Å²) in [7, 11) is 0. The first-order chi connectivity index (χ1) is 15.8. The summed E-state index contributed by atoms with van der Waals surface area (Å²) in [6.45, 7) is -4.81. The largest absolute Gasteiger partial charge is 0.426 e. The Morgan fingerprint density at radius 3 is 1.31 bits per heavy atom. The van der Waals surface area contributed by atoms with Crippen LogP contribution in [0.1, 0.15) is 32.6 Å². The van der Waals surface area contributed by atoms with Crippen molar-refractivity contribution in [1.82, 2.24) is 0 Å². The Morgan fingerprint density at radius 2 is 1.00 bits per heavy atom. The van der Waals surface area contributed by atoms with Crippen molar-refractivity contribution in [3.8, 4) is 0 Å². The molecule has 35 heavy (non-hydrogen) atoms. The Kier molecular flexibility index (Phi) is 10.5. The van der Waals surface area contributed by atoms with Crippen LogP contribution in [0.5, 0.6) is 0 Å². The van der Waals surface area contributed by atoms with Gasteiger partial charge in [0.05, 0.1) is 6.61 Å². The molecular weight excluding hydrogens is 527 g/mol. The van der Waals surface area contributed by atoms with Crippen LogP contribution in [0.4, 0.5) is 57.1 Å². The lowest BCUT2D eigenvalue weighted by atomic mass is 9.66. The predicted octanol–water partition coefficient (Wildman–Crippen LogP) is 6.49. The Balaban J connectivity index is 3.58. The van der Waals surface area contributed by atoms with Gasteiger partial charge in [-0.15, -0.1) is 0 Å². The molecule has 1 fully saturated rings. The molecule has 17 heteroatoms. The van der Waals surface area contributed by atoms with E-state index in [1.807, 2.05) is 0 Å². The van der Waals surface area contributed by atoms with E-state index in [4.69, 9.17) is 0 Å². The van der Waals surface area contributed by atoms with Gasteiger partial charge in [-0.2, -0.15) is 52.7 Å². The molecule has 1 saturated carbocycles. The van der Waals surface area contributed by atoms with Gasteiger partial charge in [-0.05, 0) is 26.2 Å². The predicted molar refractivity (Wildman–Crippen MR) is 90.6 cm³/mol. The minimum absolute atomic E-state index is 0.392. The number of alkyl halides is 13. The molecule has 1 aliphatic carbocycles. The Morgan fingerprint density at radius 1 is 0.629 bits per heavy atom. The van der Waals surface area contributed by atoms with Gasteiger partial charge in [0.25, 0.3) is 11.2 Å². The molecule has 0 aliphatic heterocycles. The van der Waals surface area contributed by atoms with E-state index in [0.29, 0.717) is 0 Å². The van der Waals surface area contributed by atoms with Gasteiger partial charge >= 0.3 is 24.7 Å². The summed E-state index contributed by atoms with van der Waals surface area (Å²) in [5, 5.41) is 0. The minimum Gasteiger partial charge on any atom is -0.356 e. The zero-order chi connectivity index (χ0) is 27.3. The molecule has 0 saturated heterocycles. The fraction of sp³-hybridized carbons (Fsp3) is 1.00. The molecule has 0 bridgehead atoms. The maximum atomic E-state index is 13.8. The Hall–Kier alpha value is -1.07. The van der Waals surface area contributed by atoms with Gasteiger partial charge in [0.15, 0.2) is 0 Å². The first-order valence-electron chi connectivity index (χ1n) is 10.1. The van der Waals surface area contributed by atoms with Crippen molar-refractivity contribution in [2.24, 2.45) is 11.8 Å². The molecule has 4 nitrogen and oxygen atoms in total. The standard InChI is InChI=1S/C18H23F13O4/c1-2-32-9-34-13(15(20,21)22,16(23,24)25)11-4-3-5-12(8-11)14(17(26,27)28,18(29,30)31)35-10-33-7-6-19/h11-12H,2-10H2,1H3. The van der Waals surface area contributed by atoms with Crippen LogP contribution in [0.15, 0.2) is 0 Å². The van der Waals surface area contributed by atoms with E-state index >= 15 is 0 Å². The van der Waals surface area contributed by atoms with Crippen LogP contribution in [0.2, 0.25) is 0 Å². The van der Waals surface area contributed by atoms with E-state index < -0.39 is 107 Å². The average Bonchev–Trinajstić information content (AvgIpc) is 2.67. The SMILES string of the molecule is CCOCOC(C1CCCC(C(OCOCCF)(C(F)(F)F)C(F)(F)F)C1)(C(F)(F)F)C(F)(F)F. The molecule has 2 atom stereocenters. The molecule has 0 spiro atoms. The van der Waals surface area contributed by atoms with Gasteiger partial charge in [0.1, 0.15) is 20.3 Å². The summed E-state index contributed by atoms with van der Waals surface area (Å²) < 4.78 is 195. The van der Waals surface area contributed by atoms with E-state index in [9.17, 15) is 57.1 Å². The Bertz CT molecular complexity index is 614. The molecule has 2 unspecified atom stereocenters. The molecule has 0 heterocycles. The number of rotatable bonds is 11. The van der Waals surface area contributed by atoms with Gasteiger partial charge in [-0.1, -0.05) is 6.42 Å².